The number of aromatic hydroxyl groups is 1. The van der Waals surface area contributed by atoms with Crippen molar-refractivity contribution in [1.29, 1.82) is 0 Å². The van der Waals surface area contributed by atoms with Crippen LogP contribution in [0.5, 0.6) is 5.75 Å². The van der Waals surface area contributed by atoms with E-state index in [0.717, 1.165) is 10.0 Å². The van der Waals surface area contributed by atoms with Gasteiger partial charge in [0.25, 0.3) is 0 Å². The molecule has 0 saturated carbocycles. The SMILES string of the molecule is Cl.N[C@H](CCCO)c1c(Br)cc(Br)c(O)c1Br. The van der Waals surface area contributed by atoms with Gasteiger partial charge in [0.05, 0.1) is 8.95 Å². The summed E-state index contributed by atoms with van der Waals surface area (Å²) in [5.41, 5.74) is 6.82. The third-order valence-corrected chi connectivity index (χ3v) is 4.29. The summed E-state index contributed by atoms with van der Waals surface area (Å²) in [6, 6.07) is 1.53. The smallest absolute Gasteiger partial charge is 0.144 e. The van der Waals surface area contributed by atoms with Crippen molar-refractivity contribution in [2.45, 2.75) is 18.9 Å². The van der Waals surface area contributed by atoms with Gasteiger partial charge in [-0.3, -0.25) is 0 Å². The molecule has 3 nitrogen and oxygen atoms in total. The van der Waals surface area contributed by atoms with Crippen LogP contribution >= 0.6 is 60.2 Å². The molecule has 98 valence electrons. The lowest BCUT2D eigenvalue weighted by molar-refractivity contribution is 0.279. The van der Waals surface area contributed by atoms with Gasteiger partial charge in [-0.1, -0.05) is 15.9 Å². The molecule has 17 heavy (non-hydrogen) atoms. The van der Waals surface area contributed by atoms with Gasteiger partial charge in [-0.05, 0) is 50.8 Å². The van der Waals surface area contributed by atoms with Crippen LogP contribution in [0.3, 0.4) is 0 Å². The third kappa shape index (κ3) is 4.36. The molecule has 0 fully saturated rings. The molecule has 0 spiro atoms. The van der Waals surface area contributed by atoms with Crippen molar-refractivity contribution in [2.75, 3.05) is 6.61 Å². The van der Waals surface area contributed by atoms with Gasteiger partial charge in [0, 0.05) is 22.7 Å². The standard InChI is InChI=1S/C10H12Br3NO2.ClH/c11-5-4-6(12)10(16)9(13)8(5)7(14)2-1-3-15;/h4,7,15-16H,1-3,14H2;1H/t7-;/m1./s1. The number of halogens is 4. The maximum absolute atomic E-state index is 9.77. The van der Waals surface area contributed by atoms with Gasteiger partial charge in [-0.25, -0.2) is 0 Å². The van der Waals surface area contributed by atoms with Crippen LogP contribution in [-0.2, 0) is 0 Å². The fourth-order valence-electron chi connectivity index (χ4n) is 1.39. The van der Waals surface area contributed by atoms with Crippen molar-refractivity contribution in [3.63, 3.8) is 0 Å². The van der Waals surface area contributed by atoms with E-state index in [4.69, 9.17) is 10.8 Å². The quantitative estimate of drug-likeness (QED) is 0.647. The molecule has 1 aromatic carbocycles. The van der Waals surface area contributed by atoms with Gasteiger partial charge in [-0.2, -0.15) is 0 Å². The maximum Gasteiger partial charge on any atom is 0.144 e. The second-order valence-electron chi connectivity index (χ2n) is 3.39. The van der Waals surface area contributed by atoms with Crippen LogP contribution in [0.25, 0.3) is 0 Å². The van der Waals surface area contributed by atoms with E-state index < -0.39 is 0 Å². The Balaban J connectivity index is 0.00000256. The monoisotopic (exact) mass is 451 g/mol. The molecule has 0 radical (unpaired) electrons. The fourth-order valence-corrected chi connectivity index (χ4v) is 4.10. The maximum atomic E-state index is 9.77. The number of hydrogen-bond acceptors (Lipinski definition) is 3. The minimum Gasteiger partial charge on any atom is -0.506 e. The van der Waals surface area contributed by atoms with Gasteiger partial charge in [-0.15, -0.1) is 12.4 Å². The number of aliphatic hydroxyl groups excluding tert-OH is 1. The Hall–Kier alpha value is 0.670. The van der Waals surface area contributed by atoms with Crippen molar-refractivity contribution < 1.29 is 10.2 Å². The van der Waals surface area contributed by atoms with Gasteiger partial charge in [0.2, 0.25) is 0 Å². The van der Waals surface area contributed by atoms with Gasteiger partial charge >= 0.3 is 0 Å². The van der Waals surface area contributed by atoms with E-state index in [-0.39, 0.29) is 30.8 Å². The lowest BCUT2D eigenvalue weighted by Gasteiger charge is -2.17. The van der Waals surface area contributed by atoms with Crippen molar-refractivity contribution >= 4 is 60.2 Å². The first kappa shape index (κ1) is 17.7. The predicted molar refractivity (Wildman–Crippen MR) is 81.7 cm³/mol. The van der Waals surface area contributed by atoms with E-state index >= 15 is 0 Å². The summed E-state index contributed by atoms with van der Waals surface area (Å²) in [4.78, 5) is 0. The highest BCUT2D eigenvalue weighted by atomic mass is 79.9. The number of phenols is 1. The van der Waals surface area contributed by atoms with E-state index in [1.54, 1.807) is 6.07 Å². The average molecular weight is 454 g/mol. The molecule has 0 aromatic heterocycles. The highest BCUT2D eigenvalue weighted by Gasteiger charge is 2.18. The summed E-state index contributed by atoms with van der Waals surface area (Å²) in [7, 11) is 0. The van der Waals surface area contributed by atoms with Crippen molar-refractivity contribution in [2.24, 2.45) is 5.73 Å². The minimum atomic E-state index is -0.227. The van der Waals surface area contributed by atoms with Crippen LogP contribution in [0.2, 0.25) is 0 Å². The van der Waals surface area contributed by atoms with Crippen LogP contribution in [0.4, 0.5) is 0 Å². The first-order chi connectivity index (χ1) is 7.49. The van der Waals surface area contributed by atoms with Gasteiger partial charge in [0.1, 0.15) is 5.75 Å². The Morgan fingerprint density at radius 1 is 1.24 bits per heavy atom. The Morgan fingerprint density at radius 2 is 1.82 bits per heavy atom. The summed E-state index contributed by atoms with van der Waals surface area (Å²) in [5, 5.41) is 18.5. The normalized spacial score (nSPS) is 12.1. The zero-order valence-corrected chi connectivity index (χ0v) is 14.4. The second-order valence-corrected chi connectivity index (χ2v) is 5.89. The van der Waals surface area contributed by atoms with E-state index in [1.807, 2.05) is 0 Å². The van der Waals surface area contributed by atoms with Crippen LogP contribution in [0, 0.1) is 0 Å². The van der Waals surface area contributed by atoms with Crippen molar-refractivity contribution in [3.05, 3.63) is 25.0 Å². The van der Waals surface area contributed by atoms with Gasteiger partial charge in [0.15, 0.2) is 0 Å². The molecule has 0 saturated heterocycles. The van der Waals surface area contributed by atoms with E-state index in [9.17, 15) is 5.11 Å². The molecule has 4 N–H and O–H groups in total. The molecule has 0 aliphatic heterocycles. The molecular formula is C10H13Br3ClNO2. The topological polar surface area (TPSA) is 66.5 Å². The molecule has 1 rings (SSSR count). The number of phenolic OH excluding ortho intramolecular Hbond substituents is 1. The van der Waals surface area contributed by atoms with E-state index in [1.165, 1.54) is 0 Å². The summed E-state index contributed by atoms with van der Waals surface area (Å²) in [6.07, 6.45) is 1.30. The third-order valence-electron chi connectivity index (χ3n) is 2.23. The largest absolute Gasteiger partial charge is 0.506 e. The Morgan fingerprint density at radius 3 is 2.35 bits per heavy atom. The molecule has 7 heteroatoms. The zero-order valence-electron chi connectivity index (χ0n) is 8.79. The van der Waals surface area contributed by atoms with Crippen LogP contribution < -0.4 is 5.73 Å². The number of benzene rings is 1. The molecule has 0 bridgehead atoms. The average Bonchev–Trinajstić information content (AvgIpc) is 2.23. The van der Waals surface area contributed by atoms with Crippen LogP contribution in [0.1, 0.15) is 24.4 Å². The van der Waals surface area contributed by atoms with Crippen LogP contribution in [0.15, 0.2) is 19.5 Å². The van der Waals surface area contributed by atoms with E-state index in [0.29, 0.717) is 21.8 Å². The first-order valence-corrected chi connectivity index (χ1v) is 7.09. The number of aliphatic hydroxyl groups is 1. The molecular weight excluding hydrogens is 441 g/mol. The second kappa shape index (κ2) is 7.96. The molecule has 0 amide bonds. The molecule has 0 heterocycles. The molecule has 0 aliphatic rings. The van der Waals surface area contributed by atoms with Gasteiger partial charge < -0.3 is 15.9 Å². The zero-order chi connectivity index (χ0) is 12.3. The summed E-state index contributed by atoms with van der Waals surface area (Å²) < 4.78 is 2.01. The molecule has 0 aliphatic carbocycles. The highest BCUT2D eigenvalue weighted by Crippen LogP contribution is 2.42. The predicted octanol–water partition coefficient (Wildman–Crippen LogP) is 3.87. The number of rotatable bonds is 4. The highest BCUT2D eigenvalue weighted by molar-refractivity contribution is 9.11. The minimum absolute atomic E-state index is 0. The van der Waals surface area contributed by atoms with Crippen LogP contribution in [-0.4, -0.2) is 16.8 Å². The summed E-state index contributed by atoms with van der Waals surface area (Å²) >= 11 is 9.97. The molecule has 1 atom stereocenters. The first-order valence-electron chi connectivity index (χ1n) is 4.71. The molecule has 1 aromatic rings. The lowest BCUT2D eigenvalue weighted by atomic mass is 10.0. The van der Waals surface area contributed by atoms with E-state index in [2.05, 4.69) is 47.8 Å². The Bertz CT molecular complexity index is 390. The number of nitrogens with two attached hydrogens (primary N) is 1. The Kier molecular flexibility index (Phi) is 8.28. The fraction of sp³-hybridized carbons (Fsp3) is 0.400. The Labute approximate surface area is 132 Å². The molecule has 0 unspecified atom stereocenters. The summed E-state index contributed by atoms with van der Waals surface area (Å²) in [6.45, 7) is 0.117. The van der Waals surface area contributed by atoms with Crippen molar-refractivity contribution in [1.82, 2.24) is 0 Å². The van der Waals surface area contributed by atoms with Crippen molar-refractivity contribution in [3.8, 4) is 5.75 Å². The number of hydrogen-bond donors (Lipinski definition) is 3. The summed E-state index contributed by atoms with van der Waals surface area (Å²) in [5.74, 6) is 0.137. The lowest BCUT2D eigenvalue weighted by Crippen LogP contribution is -2.12.